The predicted octanol–water partition coefficient (Wildman–Crippen LogP) is 5.88. The van der Waals surface area contributed by atoms with Crippen molar-refractivity contribution in [2.45, 2.75) is 0 Å². The summed E-state index contributed by atoms with van der Waals surface area (Å²) < 4.78 is 62.2. The quantitative estimate of drug-likeness (QED) is 0.253. The highest BCUT2D eigenvalue weighted by Crippen LogP contribution is 2.56. The molecule has 2 aliphatic rings. The van der Waals surface area contributed by atoms with E-state index in [1.54, 1.807) is 42.5 Å². The fraction of sp³-hybridized carbons (Fsp3) is 0. The van der Waals surface area contributed by atoms with Crippen LogP contribution in [0.1, 0.15) is 44.6 Å². The van der Waals surface area contributed by atoms with E-state index in [4.69, 9.17) is 5.26 Å². The van der Waals surface area contributed by atoms with Gasteiger partial charge in [-0.2, -0.15) is 42.1 Å². The number of pyridine rings is 1. The molecule has 0 spiro atoms. The number of hydrogen-bond acceptors (Lipinski definition) is 9. The Bertz CT molecular complexity index is 2460. The van der Waals surface area contributed by atoms with Crippen molar-refractivity contribution in [2.24, 2.45) is 0 Å². The zero-order valence-electron chi connectivity index (χ0n) is 22.4. The zero-order valence-corrected chi connectivity index (χ0v) is 22.4. The van der Waals surface area contributed by atoms with Crippen molar-refractivity contribution in [3.63, 3.8) is 0 Å². The van der Waals surface area contributed by atoms with Gasteiger partial charge in [0, 0.05) is 50.1 Å². The summed E-state index contributed by atoms with van der Waals surface area (Å²) in [5, 5.41) is 78.1. The third kappa shape index (κ3) is 4.05. The molecule has 0 saturated heterocycles. The lowest BCUT2D eigenvalue weighted by molar-refractivity contribution is 0.594. The van der Waals surface area contributed by atoms with Crippen LogP contribution in [0.4, 0.5) is 17.6 Å². The monoisotopic (exact) mass is 603 g/mol. The molecule has 13 heteroatoms. The van der Waals surface area contributed by atoms with E-state index in [-0.39, 0.29) is 16.8 Å². The third-order valence-corrected chi connectivity index (χ3v) is 7.16. The standard InChI is InChI=1S/C33H5F4N9/c34-24-4-20(25(35)1-14(24)5-38)30-23(12-45)31-21(27(30)15(6-39)7-40)3-18-22(11-44)29(19-2-17(10-43)46-13-26(19)36)28(16(8-41)9-42)32(18)33(31)37/h1-4,13H. The van der Waals surface area contributed by atoms with Gasteiger partial charge in [0.25, 0.3) is 0 Å². The minimum Gasteiger partial charge on any atom is -0.242 e. The molecule has 0 amide bonds. The van der Waals surface area contributed by atoms with Gasteiger partial charge >= 0.3 is 0 Å². The number of hydrogen-bond donors (Lipinski definition) is 0. The van der Waals surface area contributed by atoms with Crippen molar-refractivity contribution in [2.75, 3.05) is 0 Å². The van der Waals surface area contributed by atoms with E-state index in [1.165, 1.54) is 6.07 Å². The molecule has 0 aliphatic heterocycles. The lowest BCUT2D eigenvalue weighted by Gasteiger charge is -2.13. The van der Waals surface area contributed by atoms with Crippen molar-refractivity contribution in [3.05, 3.63) is 110 Å². The van der Waals surface area contributed by atoms with Crippen LogP contribution in [0, 0.1) is 114 Å². The van der Waals surface area contributed by atoms with Crippen LogP contribution in [0.3, 0.4) is 0 Å². The van der Waals surface area contributed by atoms with Crippen molar-refractivity contribution >= 4 is 33.4 Å². The Morgan fingerprint density at radius 1 is 0.522 bits per heavy atom. The molecule has 210 valence electrons. The van der Waals surface area contributed by atoms with E-state index in [0.717, 1.165) is 12.1 Å². The van der Waals surface area contributed by atoms with Gasteiger partial charge in [-0.15, -0.1) is 0 Å². The molecule has 0 saturated carbocycles. The molecular weight excluding hydrogens is 598 g/mol. The Morgan fingerprint density at radius 3 is 1.67 bits per heavy atom. The number of aromatic nitrogens is 1. The molecule has 0 unspecified atom stereocenters. The van der Waals surface area contributed by atoms with E-state index in [2.05, 4.69) is 4.98 Å². The molecule has 0 bridgehead atoms. The van der Waals surface area contributed by atoms with Crippen LogP contribution in [-0.2, 0) is 0 Å². The van der Waals surface area contributed by atoms with E-state index >= 15 is 13.2 Å². The predicted molar refractivity (Wildman–Crippen MR) is 148 cm³/mol. The lowest BCUT2D eigenvalue weighted by atomic mass is 9.89. The second-order valence-corrected chi connectivity index (χ2v) is 9.29. The van der Waals surface area contributed by atoms with E-state index in [0.29, 0.717) is 18.3 Å². The number of fused-ring (bicyclic) bond motifs is 2. The number of benzene rings is 2. The van der Waals surface area contributed by atoms with E-state index in [1.807, 2.05) is 0 Å². The molecule has 0 radical (unpaired) electrons. The molecule has 3 aromatic rings. The normalized spacial score (nSPS) is 12.3. The topological polar surface area (TPSA) is 203 Å². The van der Waals surface area contributed by atoms with Gasteiger partial charge in [0.15, 0.2) is 0 Å². The number of allylic oxidation sites excluding steroid dienone is 8. The lowest BCUT2D eigenvalue weighted by Crippen LogP contribution is -2.01. The van der Waals surface area contributed by atoms with Crippen molar-refractivity contribution in [3.8, 4) is 48.6 Å². The van der Waals surface area contributed by atoms with E-state index < -0.39 is 95.7 Å². The molecule has 0 atom stereocenters. The highest BCUT2D eigenvalue weighted by Gasteiger charge is 2.42. The smallest absolute Gasteiger partial charge is 0.149 e. The molecular formula is C33H5F4N9. The van der Waals surface area contributed by atoms with Crippen LogP contribution in [0.2, 0.25) is 0 Å². The molecule has 5 rings (SSSR count). The third-order valence-electron chi connectivity index (χ3n) is 7.16. The molecule has 9 nitrogen and oxygen atoms in total. The first kappa shape index (κ1) is 29.7. The summed E-state index contributed by atoms with van der Waals surface area (Å²) in [7, 11) is 0. The maximum absolute atomic E-state index is 16.9. The van der Waals surface area contributed by atoms with Crippen molar-refractivity contribution < 1.29 is 17.6 Å². The highest BCUT2D eigenvalue weighted by molar-refractivity contribution is 6.30. The molecule has 46 heavy (non-hydrogen) atoms. The van der Waals surface area contributed by atoms with Gasteiger partial charge < -0.3 is 0 Å². The first-order chi connectivity index (χ1) is 22.1. The molecule has 2 aliphatic carbocycles. The zero-order chi connectivity index (χ0) is 33.4. The van der Waals surface area contributed by atoms with Crippen LogP contribution in [0.25, 0.3) is 33.4 Å². The summed E-state index contributed by atoms with van der Waals surface area (Å²) in [6.45, 7) is 0. The minimum absolute atomic E-state index is 0.330. The van der Waals surface area contributed by atoms with Crippen LogP contribution in [0.15, 0.2) is 41.6 Å². The summed E-state index contributed by atoms with van der Waals surface area (Å²) in [5.41, 5.74) is -9.12. The molecule has 1 aromatic heterocycles. The maximum atomic E-state index is 16.9. The van der Waals surface area contributed by atoms with Crippen LogP contribution in [-0.4, -0.2) is 4.98 Å². The van der Waals surface area contributed by atoms with Crippen LogP contribution in [0.5, 0.6) is 0 Å². The van der Waals surface area contributed by atoms with Crippen molar-refractivity contribution in [1.82, 2.24) is 4.98 Å². The number of nitriles is 8. The number of rotatable bonds is 2. The highest BCUT2D eigenvalue weighted by atomic mass is 19.1. The average molecular weight is 603 g/mol. The Hall–Kier alpha value is -7.81. The van der Waals surface area contributed by atoms with Gasteiger partial charge in [0.2, 0.25) is 0 Å². The largest absolute Gasteiger partial charge is 0.242 e. The molecule has 0 N–H and O–H groups in total. The fourth-order valence-corrected chi connectivity index (χ4v) is 5.37. The fourth-order valence-electron chi connectivity index (χ4n) is 5.37. The Balaban J connectivity index is 2.01. The second kappa shape index (κ2) is 11.1. The molecule has 1 heterocycles. The van der Waals surface area contributed by atoms with Crippen molar-refractivity contribution in [1.29, 1.82) is 42.1 Å². The second-order valence-electron chi connectivity index (χ2n) is 9.29. The first-order valence-corrected chi connectivity index (χ1v) is 12.4. The van der Waals surface area contributed by atoms with Gasteiger partial charge in [-0.25, -0.2) is 22.5 Å². The van der Waals surface area contributed by atoms with Crippen LogP contribution >= 0.6 is 0 Å². The summed E-state index contributed by atoms with van der Waals surface area (Å²) in [6, 6.07) is 15.9. The summed E-state index contributed by atoms with van der Waals surface area (Å²) in [6.07, 6.45) is 0.645. The van der Waals surface area contributed by atoms with Gasteiger partial charge in [0.1, 0.15) is 88.7 Å². The van der Waals surface area contributed by atoms with Gasteiger partial charge in [-0.3, -0.25) is 0 Å². The number of halogens is 4. The Morgan fingerprint density at radius 2 is 1.11 bits per heavy atom. The summed E-state index contributed by atoms with van der Waals surface area (Å²) in [5.74, 6) is -4.97. The molecule has 2 aromatic carbocycles. The average Bonchev–Trinajstić information content (AvgIpc) is 3.56. The maximum Gasteiger partial charge on any atom is 0.149 e. The first-order valence-electron chi connectivity index (χ1n) is 12.4. The Labute approximate surface area is 256 Å². The summed E-state index contributed by atoms with van der Waals surface area (Å²) >= 11 is 0. The minimum atomic E-state index is -1.38. The van der Waals surface area contributed by atoms with Gasteiger partial charge in [0.05, 0.1) is 22.9 Å². The Kier molecular flexibility index (Phi) is 7.17. The SMILES string of the molecule is N#CC(C#N)=C1C(c2cc(F)c(C#N)cc2F)=C(C#N)c2c1cc1c(c2F)C(=C(C#N)C#N)C(c2cc(C#N)ncc2F)=C1C#N. The van der Waals surface area contributed by atoms with Gasteiger partial charge in [-0.1, -0.05) is 0 Å². The van der Waals surface area contributed by atoms with Gasteiger partial charge in [-0.05, 0) is 29.8 Å². The van der Waals surface area contributed by atoms with Crippen LogP contribution < -0.4 is 0 Å². The number of nitrogens with zero attached hydrogens (tertiary/aromatic N) is 9. The summed E-state index contributed by atoms with van der Waals surface area (Å²) in [4.78, 5) is 3.59. The van der Waals surface area contributed by atoms with E-state index in [9.17, 15) is 41.2 Å². The molecule has 0 fully saturated rings.